The van der Waals surface area contributed by atoms with E-state index in [1.54, 1.807) is 18.2 Å². The van der Waals surface area contributed by atoms with Crippen molar-refractivity contribution in [2.75, 3.05) is 19.6 Å². The number of Topliss-reactive ketones (excluding diaryl/α,β-unsaturated/α-hetero) is 1. The first-order valence-electron chi connectivity index (χ1n) is 11.5. The number of likely N-dealkylation sites (N-methyl/N-ethyl adjacent to an activating group) is 1. The highest BCUT2D eigenvalue weighted by Gasteiger charge is 2.27. The molecule has 0 amide bonds. The van der Waals surface area contributed by atoms with Crippen LogP contribution in [-0.4, -0.2) is 35.9 Å². The topological polar surface area (TPSA) is 57.2 Å². The van der Waals surface area contributed by atoms with Gasteiger partial charge in [0.15, 0.2) is 5.78 Å². The zero-order valence-corrected chi connectivity index (χ0v) is 20.2. The minimum atomic E-state index is -1.13. The van der Waals surface area contributed by atoms with Gasteiger partial charge in [0.2, 0.25) is 0 Å². The molecule has 0 atom stereocenters. The lowest BCUT2D eigenvalue weighted by molar-refractivity contribution is -0.930. The second-order valence-corrected chi connectivity index (χ2v) is 8.52. The minimum Gasteiger partial charge on any atom is -0.545 e. The lowest BCUT2D eigenvalue weighted by Gasteiger charge is -2.36. The van der Waals surface area contributed by atoms with Crippen molar-refractivity contribution in [3.05, 3.63) is 107 Å². The van der Waals surface area contributed by atoms with Crippen molar-refractivity contribution in [1.82, 2.24) is 0 Å². The van der Waals surface area contributed by atoms with Crippen LogP contribution < -0.4 is 5.11 Å². The molecule has 0 saturated heterocycles. The van der Waals surface area contributed by atoms with Crippen LogP contribution in [-0.2, 0) is 17.8 Å². The molecule has 0 fully saturated rings. The molecule has 0 aromatic heterocycles. The van der Waals surface area contributed by atoms with Gasteiger partial charge in [-0.05, 0) is 49.9 Å². The molecule has 0 radical (unpaired) electrons. The van der Waals surface area contributed by atoms with E-state index in [2.05, 4.69) is 70.2 Å². The van der Waals surface area contributed by atoms with E-state index in [9.17, 15) is 14.7 Å². The smallest absolute Gasteiger partial charge is 0.191 e. The van der Waals surface area contributed by atoms with Crippen LogP contribution in [0.2, 0.25) is 0 Å². The van der Waals surface area contributed by atoms with Gasteiger partial charge in [0.05, 0.1) is 19.1 Å². The number of carboxylic acid groups (broad SMARTS) is 1. The summed E-state index contributed by atoms with van der Waals surface area (Å²) >= 11 is 0. The molecule has 33 heavy (non-hydrogen) atoms. The van der Waals surface area contributed by atoms with Gasteiger partial charge in [-0.2, -0.15) is 0 Å². The van der Waals surface area contributed by atoms with Gasteiger partial charge < -0.3 is 14.4 Å². The molecule has 174 valence electrons. The summed E-state index contributed by atoms with van der Waals surface area (Å²) in [7, 11) is 0. The Hall–Kier alpha value is -3.24. The molecule has 0 spiro atoms. The standard InChI is InChI=1S/C22H30NO.C7H6O2/c1-5-23(6-2,16-20-13-8-7-9-14-20)17-21(24)15-22-18(3)11-10-12-19(22)4;8-7(9)6-4-2-1-3-5-6/h7-14H,5-6,15-17H2,1-4H3;1-5H,(H,8,9)/q+1;/p-1. The maximum absolute atomic E-state index is 12.8. The third-order valence-corrected chi connectivity index (χ3v) is 6.24. The number of carboxylic acids is 1. The van der Waals surface area contributed by atoms with Gasteiger partial charge in [0.25, 0.3) is 0 Å². The van der Waals surface area contributed by atoms with Gasteiger partial charge in [-0.1, -0.05) is 78.9 Å². The van der Waals surface area contributed by atoms with Crippen LogP contribution in [0.15, 0.2) is 78.9 Å². The Bertz CT molecular complexity index is 1000. The predicted octanol–water partition coefficient (Wildman–Crippen LogP) is 4.52. The van der Waals surface area contributed by atoms with Crippen LogP contribution in [0.3, 0.4) is 0 Å². The van der Waals surface area contributed by atoms with Gasteiger partial charge in [-0.25, -0.2) is 0 Å². The van der Waals surface area contributed by atoms with Crippen molar-refractivity contribution in [2.24, 2.45) is 0 Å². The highest BCUT2D eigenvalue weighted by Crippen LogP contribution is 2.18. The summed E-state index contributed by atoms with van der Waals surface area (Å²) in [5, 5.41) is 10.1. The molecule has 3 aromatic rings. The van der Waals surface area contributed by atoms with E-state index >= 15 is 0 Å². The van der Waals surface area contributed by atoms with Crippen LogP contribution in [0, 0.1) is 13.8 Å². The average molecular weight is 446 g/mol. The minimum absolute atomic E-state index is 0.220. The number of benzene rings is 3. The van der Waals surface area contributed by atoms with E-state index in [0.29, 0.717) is 18.7 Å². The summed E-state index contributed by atoms with van der Waals surface area (Å²) in [6.07, 6.45) is 0.549. The Morgan fingerprint density at radius 1 is 0.758 bits per heavy atom. The van der Waals surface area contributed by atoms with E-state index in [-0.39, 0.29) is 5.56 Å². The fraction of sp³-hybridized carbons (Fsp3) is 0.310. The van der Waals surface area contributed by atoms with Crippen molar-refractivity contribution in [2.45, 2.75) is 40.7 Å². The summed E-state index contributed by atoms with van der Waals surface area (Å²) in [5.74, 6) is -0.789. The molecule has 0 aliphatic rings. The number of aryl methyl sites for hydroxylation is 2. The highest BCUT2D eigenvalue weighted by atomic mass is 16.4. The van der Waals surface area contributed by atoms with Crippen molar-refractivity contribution in [1.29, 1.82) is 0 Å². The third kappa shape index (κ3) is 7.99. The molecule has 0 saturated carbocycles. The normalized spacial score (nSPS) is 10.8. The second kappa shape index (κ2) is 12.7. The fourth-order valence-electron chi connectivity index (χ4n) is 4.03. The quantitative estimate of drug-likeness (QED) is 0.455. The van der Waals surface area contributed by atoms with Crippen LogP contribution in [0.4, 0.5) is 0 Å². The van der Waals surface area contributed by atoms with E-state index < -0.39 is 5.97 Å². The molecule has 0 N–H and O–H groups in total. The van der Waals surface area contributed by atoms with Crippen LogP contribution in [0.25, 0.3) is 0 Å². The Morgan fingerprint density at radius 3 is 1.73 bits per heavy atom. The lowest BCUT2D eigenvalue weighted by Crippen LogP contribution is -2.50. The SMILES string of the molecule is CC[N+](CC)(CC(=O)Cc1c(C)cccc1C)Cc1ccccc1.O=C([O-])c1ccccc1. The number of carbonyl (C=O) groups excluding carboxylic acids is 2. The van der Waals surface area contributed by atoms with E-state index in [4.69, 9.17) is 0 Å². The molecule has 3 aromatic carbocycles. The third-order valence-electron chi connectivity index (χ3n) is 6.24. The summed E-state index contributed by atoms with van der Waals surface area (Å²) in [6.45, 7) is 12.1. The molecule has 3 rings (SSSR count). The monoisotopic (exact) mass is 445 g/mol. The molecule has 0 aliphatic heterocycles. The van der Waals surface area contributed by atoms with Crippen molar-refractivity contribution in [3.8, 4) is 0 Å². The zero-order valence-electron chi connectivity index (χ0n) is 20.2. The summed E-state index contributed by atoms with van der Waals surface area (Å²) in [4.78, 5) is 22.9. The predicted molar refractivity (Wildman–Crippen MR) is 132 cm³/mol. The summed E-state index contributed by atoms with van der Waals surface area (Å²) < 4.78 is 0.827. The lowest BCUT2D eigenvalue weighted by atomic mass is 9.97. The van der Waals surface area contributed by atoms with Crippen LogP contribution in [0.5, 0.6) is 0 Å². The molecule has 0 unspecified atom stereocenters. The van der Waals surface area contributed by atoms with E-state index in [1.807, 2.05) is 6.07 Å². The number of carbonyl (C=O) groups is 2. The molecule has 0 heterocycles. The highest BCUT2D eigenvalue weighted by molar-refractivity contribution is 5.85. The molecule has 4 heteroatoms. The van der Waals surface area contributed by atoms with Crippen LogP contribution in [0.1, 0.15) is 46.5 Å². The van der Waals surface area contributed by atoms with Gasteiger partial charge in [-0.3, -0.25) is 4.79 Å². The second-order valence-electron chi connectivity index (χ2n) is 8.52. The molecular formula is C29H35NO3. The summed E-state index contributed by atoms with van der Waals surface area (Å²) in [5.41, 5.74) is 5.17. The van der Waals surface area contributed by atoms with Gasteiger partial charge in [0.1, 0.15) is 13.1 Å². The van der Waals surface area contributed by atoms with Crippen LogP contribution >= 0.6 is 0 Å². The van der Waals surface area contributed by atoms with Gasteiger partial charge >= 0.3 is 0 Å². The number of aromatic carboxylic acids is 1. The van der Waals surface area contributed by atoms with Crippen molar-refractivity contribution < 1.29 is 19.2 Å². The maximum atomic E-state index is 12.8. The molecular weight excluding hydrogens is 410 g/mol. The Balaban J connectivity index is 0.000000357. The number of hydrogen-bond donors (Lipinski definition) is 0. The average Bonchev–Trinajstić information content (AvgIpc) is 2.82. The zero-order chi connectivity index (χ0) is 24.3. The van der Waals surface area contributed by atoms with E-state index in [0.717, 1.165) is 24.1 Å². The number of quaternary nitrogens is 1. The van der Waals surface area contributed by atoms with E-state index in [1.165, 1.54) is 34.4 Å². The molecule has 0 aliphatic carbocycles. The first-order chi connectivity index (χ1) is 15.8. The Labute approximate surface area is 198 Å². The number of ketones is 1. The van der Waals surface area contributed by atoms with Crippen molar-refractivity contribution in [3.63, 3.8) is 0 Å². The van der Waals surface area contributed by atoms with Gasteiger partial charge in [-0.15, -0.1) is 0 Å². The Kier molecular flexibility index (Phi) is 10.0. The Morgan fingerprint density at radius 2 is 1.27 bits per heavy atom. The maximum Gasteiger partial charge on any atom is 0.191 e. The first-order valence-corrected chi connectivity index (χ1v) is 11.5. The van der Waals surface area contributed by atoms with Crippen molar-refractivity contribution >= 4 is 11.8 Å². The molecule has 0 bridgehead atoms. The largest absolute Gasteiger partial charge is 0.545 e. The number of hydrogen-bond acceptors (Lipinski definition) is 3. The summed E-state index contributed by atoms with van der Waals surface area (Å²) in [6, 6.07) is 24.8. The molecule has 4 nitrogen and oxygen atoms in total. The number of nitrogens with zero attached hydrogens (tertiary/aromatic N) is 1. The van der Waals surface area contributed by atoms with Gasteiger partial charge in [0, 0.05) is 12.0 Å². The fourth-order valence-corrected chi connectivity index (χ4v) is 4.03. The first kappa shape index (κ1) is 26.0. The number of rotatable bonds is 9.